The van der Waals surface area contributed by atoms with Crippen LogP contribution in [-0.2, 0) is 19.0 Å². The van der Waals surface area contributed by atoms with Crippen molar-refractivity contribution in [3.05, 3.63) is 105 Å². The topological polar surface area (TPSA) is 102 Å². The number of aromatic amines is 1. The average Bonchev–Trinajstić information content (AvgIpc) is 3.49. The second kappa shape index (κ2) is 11.2. The Morgan fingerprint density at radius 2 is 1.68 bits per heavy atom. The van der Waals surface area contributed by atoms with Gasteiger partial charge < -0.3 is 0 Å². The van der Waals surface area contributed by atoms with Crippen molar-refractivity contribution >= 4 is 0 Å². The Morgan fingerprint density at radius 3 is 2.35 bits per heavy atom. The third-order valence-corrected chi connectivity index (χ3v) is 6.62. The van der Waals surface area contributed by atoms with Crippen molar-refractivity contribution in [2.45, 2.75) is 45.7 Å². The fourth-order valence-electron chi connectivity index (χ4n) is 4.64. The monoisotopic (exact) mass is 545 g/mol. The van der Waals surface area contributed by atoms with Crippen LogP contribution < -0.4 is 5.56 Å². The highest BCUT2D eigenvalue weighted by atomic mass is 19.4. The standard InChI is InChI=1S/C29H26F3N7O/c1-3-4-10-24-23(28(40)39(18(2)33-24)26-12-7-11-25(34-26)29(30,31)32)17-19-13-15-20(16-14-19)21-8-5-6-9-22(21)27-35-37-38-36-27/h5-9,11-16H,3-4,10,17H2,1-2H3,(H,35,36,37,38). The number of nitrogens with one attached hydrogen (secondary N) is 1. The first-order chi connectivity index (χ1) is 19.3. The van der Waals surface area contributed by atoms with Gasteiger partial charge in [-0.2, -0.15) is 13.2 Å². The molecule has 3 heterocycles. The molecule has 0 aliphatic carbocycles. The van der Waals surface area contributed by atoms with Gasteiger partial charge in [-0.3, -0.25) is 4.79 Å². The second-order valence-electron chi connectivity index (χ2n) is 9.38. The molecule has 2 aromatic carbocycles. The predicted octanol–water partition coefficient (Wildman–Crippen LogP) is 5.74. The number of hydrogen-bond donors (Lipinski definition) is 1. The number of benzene rings is 2. The third-order valence-electron chi connectivity index (χ3n) is 6.62. The first-order valence-electron chi connectivity index (χ1n) is 12.8. The van der Waals surface area contributed by atoms with Gasteiger partial charge in [0, 0.05) is 17.5 Å². The first-order valence-corrected chi connectivity index (χ1v) is 12.8. The van der Waals surface area contributed by atoms with Crippen molar-refractivity contribution in [2.24, 2.45) is 0 Å². The summed E-state index contributed by atoms with van der Waals surface area (Å²) in [7, 11) is 0. The summed E-state index contributed by atoms with van der Waals surface area (Å²) in [5.41, 5.74) is 3.20. The molecule has 1 N–H and O–H groups in total. The normalized spacial score (nSPS) is 11.6. The molecule has 5 aromatic rings. The van der Waals surface area contributed by atoms with Gasteiger partial charge in [0.25, 0.3) is 5.56 Å². The Labute approximate surface area is 228 Å². The van der Waals surface area contributed by atoms with Gasteiger partial charge in [0.05, 0.1) is 5.69 Å². The summed E-state index contributed by atoms with van der Waals surface area (Å²) < 4.78 is 41.2. The quantitative estimate of drug-likeness (QED) is 0.267. The van der Waals surface area contributed by atoms with E-state index in [4.69, 9.17) is 0 Å². The van der Waals surface area contributed by atoms with Crippen LogP contribution in [0.3, 0.4) is 0 Å². The molecule has 0 amide bonds. The zero-order valence-electron chi connectivity index (χ0n) is 21.9. The second-order valence-corrected chi connectivity index (χ2v) is 9.38. The van der Waals surface area contributed by atoms with Gasteiger partial charge >= 0.3 is 6.18 Å². The number of unbranched alkanes of at least 4 members (excludes halogenated alkanes) is 1. The molecule has 0 saturated heterocycles. The van der Waals surface area contributed by atoms with Crippen LogP contribution in [0, 0.1) is 6.92 Å². The van der Waals surface area contributed by atoms with E-state index in [0.717, 1.165) is 45.7 Å². The Kier molecular flexibility index (Phi) is 7.54. The number of aryl methyl sites for hydroxylation is 2. The van der Waals surface area contributed by atoms with Crippen LogP contribution in [0.1, 0.15) is 48.1 Å². The van der Waals surface area contributed by atoms with Gasteiger partial charge in [0.15, 0.2) is 5.82 Å². The maximum atomic E-state index is 13.8. The van der Waals surface area contributed by atoms with Crippen molar-refractivity contribution in [1.29, 1.82) is 0 Å². The lowest BCUT2D eigenvalue weighted by molar-refractivity contribution is -0.141. The number of halogens is 3. The number of pyridine rings is 1. The van der Waals surface area contributed by atoms with Gasteiger partial charge in [-0.05, 0) is 59.0 Å². The number of aromatic nitrogens is 7. The van der Waals surface area contributed by atoms with Gasteiger partial charge in [-0.1, -0.05) is 67.9 Å². The maximum Gasteiger partial charge on any atom is 0.433 e. The van der Waals surface area contributed by atoms with E-state index in [1.165, 1.54) is 12.1 Å². The summed E-state index contributed by atoms with van der Waals surface area (Å²) >= 11 is 0. The number of hydrogen-bond acceptors (Lipinski definition) is 6. The fraction of sp³-hybridized carbons (Fsp3) is 0.241. The molecule has 0 radical (unpaired) electrons. The van der Waals surface area contributed by atoms with Crippen LogP contribution in [0.5, 0.6) is 0 Å². The minimum atomic E-state index is -4.63. The molecule has 0 fully saturated rings. The number of tetrazole rings is 1. The lowest BCUT2D eigenvalue weighted by Gasteiger charge is -2.16. The number of alkyl halides is 3. The van der Waals surface area contributed by atoms with Gasteiger partial charge in [0.1, 0.15) is 17.3 Å². The minimum absolute atomic E-state index is 0.109. The Balaban J connectivity index is 1.53. The Bertz CT molecular complexity index is 1680. The highest BCUT2D eigenvalue weighted by molar-refractivity contribution is 5.80. The molecule has 0 aliphatic rings. The van der Waals surface area contributed by atoms with E-state index in [2.05, 4.69) is 30.6 Å². The first kappa shape index (κ1) is 26.9. The lowest BCUT2D eigenvalue weighted by atomic mass is 9.96. The molecule has 0 bridgehead atoms. The zero-order chi connectivity index (χ0) is 28.3. The maximum absolute atomic E-state index is 13.8. The zero-order valence-corrected chi connectivity index (χ0v) is 21.9. The molecule has 0 unspecified atom stereocenters. The van der Waals surface area contributed by atoms with Gasteiger partial charge in [-0.15, -0.1) is 5.10 Å². The molecule has 0 atom stereocenters. The largest absolute Gasteiger partial charge is 0.433 e. The smallest absolute Gasteiger partial charge is 0.268 e. The summed E-state index contributed by atoms with van der Waals surface area (Å²) in [5.74, 6) is 0.734. The number of nitrogens with zero attached hydrogens (tertiary/aromatic N) is 6. The molecule has 11 heteroatoms. The molecule has 3 aromatic heterocycles. The minimum Gasteiger partial charge on any atom is -0.268 e. The van der Waals surface area contributed by atoms with Crippen LogP contribution in [-0.4, -0.2) is 35.2 Å². The fourth-order valence-corrected chi connectivity index (χ4v) is 4.64. The molecule has 0 spiro atoms. The number of rotatable bonds is 8. The highest BCUT2D eigenvalue weighted by Gasteiger charge is 2.33. The van der Waals surface area contributed by atoms with Crippen LogP contribution in [0.15, 0.2) is 71.5 Å². The molecule has 5 rings (SSSR count). The summed E-state index contributed by atoms with van der Waals surface area (Å²) in [6.07, 6.45) is -2.02. The predicted molar refractivity (Wildman–Crippen MR) is 144 cm³/mol. The van der Waals surface area contributed by atoms with Crippen LogP contribution in [0.25, 0.3) is 28.3 Å². The van der Waals surface area contributed by atoms with E-state index in [9.17, 15) is 18.0 Å². The van der Waals surface area contributed by atoms with Crippen molar-refractivity contribution in [3.63, 3.8) is 0 Å². The van der Waals surface area contributed by atoms with Crippen LogP contribution >= 0.6 is 0 Å². The molecule has 204 valence electrons. The van der Waals surface area contributed by atoms with E-state index in [0.29, 0.717) is 29.3 Å². The average molecular weight is 546 g/mol. The van der Waals surface area contributed by atoms with E-state index < -0.39 is 17.4 Å². The van der Waals surface area contributed by atoms with E-state index in [1.54, 1.807) is 6.92 Å². The molecule has 0 aliphatic heterocycles. The summed E-state index contributed by atoms with van der Waals surface area (Å²) in [6.45, 7) is 3.66. The third kappa shape index (κ3) is 5.54. The van der Waals surface area contributed by atoms with Crippen molar-refractivity contribution in [2.75, 3.05) is 0 Å². The summed E-state index contributed by atoms with van der Waals surface area (Å²) in [5, 5.41) is 14.1. The molecular weight excluding hydrogens is 519 g/mol. The highest BCUT2D eigenvalue weighted by Crippen LogP contribution is 2.30. The van der Waals surface area contributed by atoms with Gasteiger partial charge in [0.2, 0.25) is 0 Å². The van der Waals surface area contributed by atoms with Gasteiger partial charge in [-0.25, -0.2) is 19.6 Å². The summed E-state index contributed by atoms with van der Waals surface area (Å²) in [4.78, 5) is 22.2. The van der Waals surface area contributed by atoms with E-state index >= 15 is 0 Å². The van der Waals surface area contributed by atoms with Crippen LogP contribution in [0.4, 0.5) is 13.2 Å². The van der Waals surface area contributed by atoms with Crippen molar-refractivity contribution < 1.29 is 13.2 Å². The van der Waals surface area contributed by atoms with Crippen LogP contribution in [0.2, 0.25) is 0 Å². The molecule has 0 saturated carbocycles. The molecular formula is C29H26F3N7O. The Hall–Kier alpha value is -4.67. The lowest BCUT2D eigenvalue weighted by Crippen LogP contribution is -2.29. The molecule has 8 nitrogen and oxygen atoms in total. The molecule has 40 heavy (non-hydrogen) atoms. The van der Waals surface area contributed by atoms with E-state index in [1.807, 2.05) is 55.5 Å². The SMILES string of the molecule is CCCCc1nc(C)n(-c2cccc(C(F)(F)F)n2)c(=O)c1Cc1ccc(-c2ccccc2-c2nnn[nH]2)cc1. The number of H-pyrrole nitrogens is 1. The Morgan fingerprint density at radius 1 is 0.925 bits per heavy atom. The van der Waals surface area contributed by atoms with Crippen molar-refractivity contribution in [3.8, 4) is 28.3 Å². The summed E-state index contributed by atoms with van der Waals surface area (Å²) in [6, 6.07) is 19.0. The van der Waals surface area contributed by atoms with Crippen molar-refractivity contribution in [1.82, 2.24) is 35.2 Å². The van der Waals surface area contributed by atoms with E-state index in [-0.39, 0.29) is 12.2 Å².